The second-order valence-electron chi connectivity index (χ2n) is 6.35. The summed E-state index contributed by atoms with van der Waals surface area (Å²) in [5, 5.41) is 3.29. The van der Waals surface area contributed by atoms with E-state index in [1.165, 1.54) is 12.1 Å². The SMILES string of the molecule is CCOC(=O)C1CCCN(C(=NC)NCC(C)Oc2ccc(F)cc2)C1.I. The molecule has 0 saturated carbocycles. The van der Waals surface area contributed by atoms with Gasteiger partial charge in [0.2, 0.25) is 0 Å². The Bertz CT molecular complexity index is 613. The highest BCUT2D eigenvalue weighted by Crippen LogP contribution is 2.18. The lowest BCUT2D eigenvalue weighted by atomic mass is 9.98. The van der Waals surface area contributed by atoms with Crippen molar-refractivity contribution in [2.24, 2.45) is 10.9 Å². The van der Waals surface area contributed by atoms with Crippen LogP contribution in [0.3, 0.4) is 0 Å². The third kappa shape index (κ3) is 7.51. The average molecular weight is 493 g/mol. The largest absolute Gasteiger partial charge is 0.489 e. The fourth-order valence-electron chi connectivity index (χ4n) is 2.98. The van der Waals surface area contributed by atoms with Gasteiger partial charge in [0.05, 0.1) is 19.1 Å². The molecule has 8 heteroatoms. The second-order valence-corrected chi connectivity index (χ2v) is 6.35. The van der Waals surface area contributed by atoms with E-state index in [9.17, 15) is 9.18 Å². The van der Waals surface area contributed by atoms with E-state index in [1.54, 1.807) is 19.2 Å². The number of benzene rings is 1. The van der Waals surface area contributed by atoms with Crippen LogP contribution in [-0.2, 0) is 9.53 Å². The van der Waals surface area contributed by atoms with Crippen molar-refractivity contribution in [3.8, 4) is 5.75 Å². The molecule has 152 valence electrons. The molecule has 0 spiro atoms. The molecule has 0 aromatic heterocycles. The van der Waals surface area contributed by atoms with Crippen molar-refractivity contribution in [2.75, 3.05) is 33.3 Å². The fraction of sp³-hybridized carbons (Fsp3) is 0.579. The minimum absolute atomic E-state index is 0. The van der Waals surface area contributed by atoms with Gasteiger partial charge in [-0.15, -0.1) is 24.0 Å². The first-order chi connectivity index (χ1) is 12.5. The molecule has 27 heavy (non-hydrogen) atoms. The molecular weight excluding hydrogens is 464 g/mol. The first-order valence-electron chi connectivity index (χ1n) is 9.08. The van der Waals surface area contributed by atoms with Gasteiger partial charge < -0.3 is 19.7 Å². The van der Waals surface area contributed by atoms with Crippen molar-refractivity contribution in [2.45, 2.75) is 32.8 Å². The Balaban J connectivity index is 0.00000364. The molecular formula is C19H29FIN3O3. The van der Waals surface area contributed by atoms with E-state index in [0.717, 1.165) is 25.3 Å². The van der Waals surface area contributed by atoms with Gasteiger partial charge in [0.15, 0.2) is 5.96 Å². The maximum Gasteiger partial charge on any atom is 0.310 e. The molecule has 0 bridgehead atoms. The minimum atomic E-state index is -0.287. The van der Waals surface area contributed by atoms with Crippen LogP contribution >= 0.6 is 24.0 Å². The third-order valence-corrected chi connectivity index (χ3v) is 4.25. The molecule has 1 aliphatic rings. The first-order valence-corrected chi connectivity index (χ1v) is 9.08. The van der Waals surface area contributed by atoms with E-state index in [4.69, 9.17) is 9.47 Å². The van der Waals surface area contributed by atoms with Gasteiger partial charge in [0, 0.05) is 20.1 Å². The summed E-state index contributed by atoms with van der Waals surface area (Å²) in [6, 6.07) is 5.96. The topological polar surface area (TPSA) is 63.2 Å². The standard InChI is InChI=1S/C19H28FN3O3.HI/c1-4-25-18(24)15-6-5-11-23(13-15)19(21-3)22-12-14(2)26-17-9-7-16(20)8-10-17;/h7-10,14-15H,4-6,11-13H2,1-3H3,(H,21,22);1H. The molecule has 1 heterocycles. The molecule has 1 N–H and O–H groups in total. The van der Waals surface area contributed by atoms with Crippen LogP contribution in [0.15, 0.2) is 29.3 Å². The lowest BCUT2D eigenvalue weighted by Gasteiger charge is -2.34. The molecule has 1 fully saturated rings. The fourth-order valence-corrected chi connectivity index (χ4v) is 2.98. The number of aliphatic imine (C=N–C) groups is 1. The molecule has 1 aromatic rings. The summed E-state index contributed by atoms with van der Waals surface area (Å²) in [5.41, 5.74) is 0. The third-order valence-electron chi connectivity index (χ3n) is 4.25. The van der Waals surface area contributed by atoms with E-state index < -0.39 is 0 Å². The highest BCUT2D eigenvalue weighted by Gasteiger charge is 2.28. The van der Waals surface area contributed by atoms with E-state index in [2.05, 4.69) is 15.2 Å². The Hall–Kier alpha value is -1.58. The quantitative estimate of drug-likeness (QED) is 0.286. The van der Waals surface area contributed by atoms with Crippen LogP contribution < -0.4 is 10.1 Å². The van der Waals surface area contributed by atoms with Crippen molar-refractivity contribution >= 4 is 35.9 Å². The molecule has 0 radical (unpaired) electrons. The molecule has 2 unspecified atom stereocenters. The molecule has 1 aromatic carbocycles. The Morgan fingerprint density at radius 2 is 2.11 bits per heavy atom. The first kappa shape index (κ1) is 23.5. The monoisotopic (exact) mass is 493 g/mol. The molecule has 0 aliphatic carbocycles. The van der Waals surface area contributed by atoms with Crippen LogP contribution in [0.25, 0.3) is 0 Å². The lowest BCUT2D eigenvalue weighted by Crippen LogP contribution is -2.49. The number of carbonyl (C=O) groups is 1. The predicted molar refractivity (Wildman–Crippen MR) is 114 cm³/mol. The van der Waals surface area contributed by atoms with Crippen molar-refractivity contribution < 1.29 is 18.7 Å². The number of piperidine rings is 1. The summed E-state index contributed by atoms with van der Waals surface area (Å²) in [6.07, 6.45) is 1.64. The van der Waals surface area contributed by atoms with Crippen molar-refractivity contribution in [1.29, 1.82) is 0 Å². The molecule has 1 aliphatic heterocycles. The number of ether oxygens (including phenoxy) is 2. The van der Waals surface area contributed by atoms with Gasteiger partial charge in [-0.2, -0.15) is 0 Å². The Labute approximate surface area is 177 Å². The summed E-state index contributed by atoms with van der Waals surface area (Å²) >= 11 is 0. The van der Waals surface area contributed by atoms with Crippen LogP contribution in [0, 0.1) is 11.7 Å². The lowest BCUT2D eigenvalue weighted by molar-refractivity contribution is -0.149. The summed E-state index contributed by atoms with van der Waals surface area (Å²) in [4.78, 5) is 18.4. The van der Waals surface area contributed by atoms with Gasteiger partial charge in [0.1, 0.15) is 17.7 Å². The maximum absolute atomic E-state index is 12.9. The number of rotatable bonds is 6. The van der Waals surface area contributed by atoms with Gasteiger partial charge in [-0.3, -0.25) is 9.79 Å². The number of hydrogen-bond donors (Lipinski definition) is 1. The van der Waals surface area contributed by atoms with Gasteiger partial charge in [-0.05, 0) is 51.0 Å². The van der Waals surface area contributed by atoms with Crippen LogP contribution in [0.1, 0.15) is 26.7 Å². The Kier molecular flexibility index (Phi) is 10.4. The number of hydrogen-bond acceptors (Lipinski definition) is 4. The van der Waals surface area contributed by atoms with Gasteiger partial charge in [-0.25, -0.2) is 4.39 Å². The van der Waals surface area contributed by atoms with Gasteiger partial charge >= 0.3 is 5.97 Å². The summed E-state index contributed by atoms with van der Waals surface area (Å²) in [5.74, 6) is 0.824. The highest BCUT2D eigenvalue weighted by molar-refractivity contribution is 14.0. The summed E-state index contributed by atoms with van der Waals surface area (Å²) in [7, 11) is 1.72. The van der Waals surface area contributed by atoms with Crippen molar-refractivity contribution in [3.63, 3.8) is 0 Å². The number of guanidine groups is 1. The minimum Gasteiger partial charge on any atom is -0.489 e. The predicted octanol–water partition coefficient (Wildman–Crippen LogP) is 3.06. The number of nitrogens with one attached hydrogen (secondary N) is 1. The molecule has 0 amide bonds. The van der Waals surface area contributed by atoms with E-state index >= 15 is 0 Å². The molecule has 1 saturated heterocycles. The van der Waals surface area contributed by atoms with Crippen molar-refractivity contribution in [1.82, 2.24) is 10.2 Å². The normalized spacial score (nSPS) is 18.3. The van der Waals surface area contributed by atoms with E-state index in [1.807, 2.05) is 13.8 Å². The maximum atomic E-state index is 12.9. The zero-order valence-electron chi connectivity index (χ0n) is 16.1. The number of carbonyl (C=O) groups excluding carboxylic acids is 1. The highest BCUT2D eigenvalue weighted by atomic mass is 127. The van der Waals surface area contributed by atoms with Crippen LogP contribution in [-0.4, -0.2) is 56.2 Å². The zero-order valence-corrected chi connectivity index (χ0v) is 18.4. The second kappa shape index (κ2) is 12.0. The number of nitrogens with zero attached hydrogens (tertiary/aromatic N) is 2. The van der Waals surface area contributed by atoms with Gasteiger partial charge in [-0.1, -0.05) is 0 Å². The summed E-state index contributed by atoms with van der Waals surface area (Å²) < 4.78 is 23.9. The number of likely N-dealkylation sites (tertiary alicyclic amines) is 1. The van der Waals surface area contributed by atoms with Crippen LogP contribution in [0.2, 0.25) is 0 Å². The average Bonchev–Trinajstić information content (AvgIpc) is 2.64. The molecule has 6 nitrogen and oxygen atoms in total. The Morgan fingerprint density at radius 3 is 2.74 bits per heavy atom. The Morgan fingerprint density at radius 1 is 1.41 bits per heavy atom. The number of esters is 1. The van der Waals surface area contributed by atoms with Gasteiger partial charge in [0.25, 0.3) is 0 Å². The van der Waals surface area contributed by atoms with E-state index in [0.29, 0.717) is 25.4 Å². The molecule has 2 atom stereocenters. The zero-order chi connectivity index (χ0) is 18.9. The molecule has 2 rings (SSSR count). The summed E-state index contributed by atoms with van der Waals surface area (Å²) in [6.45, 7) is 6.16. The van der Waals surface area contributed by atoms with Crippen LogP contribution in [0.4, 0.5) is 4.39 Å². The van der Waals surface area contributed by atoms with E-state index in [-0.39, 0.29) is 47.8 Å². The smallest absolute Gasteiger partial charge is 0.310 e. The number of halogens is 2. The van der Waals surface area contributed by atoms with Crippen LogP contribution in [0.5, 0.6) is 5.75 Å². The van der Waals surface area contributed by atoms with Crippen molar-refractivity contribution in [3.05, 3.63) is 30.1 Å².